The Kier molecular flexibility index (Phi) is 7.27. The quantitative estimate of drug-likeness (QED) is 0.120. The number of methoxy groups -OCH3 is 1. The average Bonchev–Trinajstić information content (AvgIpc) is 2.67. The third-order valence-corrected chi connectivity index (χ3v) is 4.31. The van der Waals surface area contributed by atoms with E-state index in [2.05, 4.69) is 5.32 Å². The number of esters is 1. The van der Waals surface area contributed by atoms with Crippen LogP contribution in [-0.4, -0.2) is 23.9 Å². The normalized spacial score (nSPS) is 10.6. The molecule has 0 saturated heterocycles. The predicted octanol–water partition coefficient (Wildman–Crippen LogP) is 3.68. The number of halogens is 1. The van der Waals surface area contributed by atoms with Gasteiger partial charge in [0.05, 0.1) is 15.6 Å². The van der Waals surface area contributed by atoms with Crippen molar-refractivity contribution in [2.24, 2.45) is 0 Å². The molecule has 0 atom stereocenters. The molecule has 9 nitrogen and oxygen atoms in total. The molecule has 2 aromatic carbocycles. The molecule has 0 fully saturated rings. The summed E-state index contributed by atoms with van der Waals surface area (Å²) in [4.78, 5) is 33.7. The maximum Gasteiger partial charge on any atom is 0.308 e. The molecule has 0 spiro atoms. The van der Waals surface area contributed by atoms with Gasteiger partial charge in [-0.3, -0.25) is 19.7 Å². The third-order valence-electron chi connectivity index (χ3n) is 3.51. The summed E-state index contributed by atoms with van der Waals surface area (Å²) in [6.07, 6.45) is 1.35. The molecule has 0 radical (unpaired) electrons. The molecular formula is C19H14IN3O6. The van der Waals surface area contributed by atoms with Crippen LogP contribution in [0.4, 0.5) is 11.4 Å². The number of nitro groups is 1. The van der Waals surface area contributed by atoms with Crippen molar-refractivity contribution in [3.05, 3.63) is 61.2 Å². The highest BCUT2D eigenvalue weighted by Crippen LogP contribution is 2.34. The van der Waals surface area contributed by atoms with E-state index in [9.17, 15) is 25.0 Å². The minimum atomic E-state index is -0.681. The zero-order valence-corrected chi connectivity index (χ0v) is 17.4. The number of nitrogens with one attached hydrogen (secondary N) is 1. The van der Waals surface area contributed by atoms with Crippen molar-refractivity contribution in [3.8, 4) is 17.6 Å². The van der Waals surface area contributed by atoms with Crippen molar-refractivity contribution in [2.75, 3.05) is 12.4 Å². The van der Waals surface area contributed by atoms with Gasteiger partial charge in [0.2, 0.25) is 0 Å². The van der Waals surface area contributed by atoms with Gasteiger partial charge in [0.15, 0.2) is 11.5 Å². The highest BCUT2D eigenvalue weighted by atomic mass is 127. The van der Waals surface area contributed by atoms with E-state index >= 15 is 0 Å². The molecule has 148 valence electrons. The molecule has 0 saturated carbocycles. The largest absolute Gasteiger partial charge is 0.493 e. The number of nitro benzene ring substituents is 1. The molecule has 1 N–H and O–H groups in total. The van der Waals surface area contributed by atoms with Crippen molar-refractivity contribution in [2.45, 2.75) is 6.92 Å². The van der Waals surface area contributed by atoms with Gasteiger partial charge in [-0.15, -0.1) is 0 Å². The Balaban J connectivity index is 2.29. The lowest BCUT2D eigenvalue weighted by molar-refractivity contribution is -0.384. The van der Waals surface area contributed by atoms with Crippen LogP contribution in [0.5, 0.6) is 11.5 Å². The van der Waals surface area contributed by atoms with E-state index < -0.39 is 16.8 Å². The van der Waals surface area contributed by atoms with Crippen LogP contribution in [0.2, 0.25) is 0 Å². The highest BCUT2D eigenvalue weighted by molar-refractivity contribution is 14.1. The van der Waals surface area contributed by atoms with Gasteiger partial charge in [-0.05, 0) is 58.5 Å². The van der Waals surface area contributed by atoms with Gasteiger partial charge in [0.25, 0.3) is 11.6 Å². The first-order valence-electron chi connectivity index (χ1n) is 7.98. The number of amides is 1. The Morgan fingerprint density at radius 3 is 2.45 bits per heavy atom. The van der Waals surface area contributed by atoms with Gasteiger partial charge in [0.1, 0.15) is 11.6 Å². The standard InChI is InChI=1S/C19H14IN3O6/c1-11(24)29-18-16(20)8-12(9-17(18)28-2)7-13(10-21)19(25)22-14-3-5-15(6-4-14)23(26)27/h3-9H,1-2H3,(H,22,25). The Bertz CT molecular complexity index is 1040. The molecular weight excluding hydrogens is 493 g/mol. The van der Waals surface area contributed by atoms with E-state index in [1.807, 2.05) is 28.7 Å². The Morgan fingerprint density at radius 1 is 1.28 bits per heavy atom. The summed E-state index contributed by atoms with van der Waals surface area (Å²) in [6.45, 7) is 1.26. The number of carbonyl (C=O) groups is 2. The smallest absolute Gasteiger partial charge is 0.308 e. The average molecular weight is 507 g/mol. The summed E-state index contributed by atoms with van der Waals surface area (Å²) in [5, 5.41) is 22.5. The first kappa shape index (κ1) is 21.8. The van der Waals surface area contributed by atoms with Crippen LogP contribution in [0.25, 0.3) is 6.08 Å². The van der Waals surface area contributed by atoms with Gasteiger partial charge in [-0.1, -0.05) is 0 Å². The van der Waals surface area contributed by atoms with Gasteiger partial charge < -0.3 is 14.8 Å². The Morgan fingerprint density at radius 2 is 1.93 bits per heavy atom. The van der Waals surface area contributed by atoms with Gasteiger partial charge in [-0.2, -0.15) is 5.26 Å². The predicted molar refractivity (Wildman–Crippen MR) is 112 cm³/mol. The van der Waals surface area contributed by atoms with E-state index in [0.29, 0.717) is 14.8 Å². The molecule has 0 aliphatic rings. The molecule has 2 aromatic rings. The second-order valence-corrected chi connectivity index (χ2v) is 6.72. The summed E-state index contributed by atoms with van der Waals surface area (Å²) in [5.41, 5.74) is 0.478. The fourth-order valence-electron chi connectivity index (χ4n) is 2.25. The summed E-state index contributed by atoms with van der Waals surface area (Å²) in [6, 6.07) is 10.2. The second-order valence-electron chi connectivity index (χ2n) is 5.56. The van der Waals surface area contributed by atoms with Crippen molar-refractivity contribution in [3.63, 3.8) is 0 Å². The number of non-ortho nitro benzene ring substituents is 1. The number of nitriles is 1. The lowest BCUT2D eigenvalue weighted by Gasteiger charge is -2.11. The zero-order valence-electron chi connectivity index (χ0n) is 15.3. The van der Waals surface area contributed by atoms with E-state index in [1.54, 1.807) is 6.07 Å². The van der Waals surface area contributed by atoms with Gasteiger partial charge >= 0.3 is 5.97 Å². The van der Waals surface area contributed by atoms with Crippen LogP contribution in [0.15, 0.2) is 42.0 Å². The van der Waals surface area contributed by atoms with Gasteiger partial charge in [0, 0.05) is 24.7 Å². The molecule has 0 bridgehead atoms. The second kappa shape index (κ2) is 9.65. The van der Waals surface area contributed by atoms with Crippen molar-refractivity contribution in [1.82, 2.24) is 0 Å². The van der Waals surface area contributed by atoms with Crippen molar-refractivity contribution >= 4 is 51.9 Å². The number of rotatable bonds is 6. The maximum atomic E-state index is 12.4. The van der Waals surface area contributed by atoms with Crippen LogP contribution >= 0.6 is 22.6 Å². The SMILES string of the molecule is COc1cc(C=C(C#N)C(=O)Nc2ccc([N+](=O)[O-])cc2)cc(I)c1OC(C)=O. The maximum absolute atomic E-state index is 12.4. The van der Waals surface area contributed by atoms with Crippen LogP contribution < -0.4 is 14.8 Å². The molecule has 0 heterocycles. The lowest BCUT2D eigenvalue weighted by Crippen LogP contribution is -2.13. The molecule has 2 rings (SSSR count). The topological polar surface area (TPSA) is 132 Å². The van der Waals surface area contributed by atoms with Crippen LogP contribution in [0, 0.1) is 25.0 Å². The van der Waals surface area contributed by atoms with Crippen LogP contribution in [0.3, 0.4) is 0 Å². The summed E-state index contributed by atoms with van der Waals surface area (Å²) in [7, 11) is 1.40. The minimum absolute atomic E-state index is 0.117. The molecule has 0 aliphatic carbocycles. The Labute approximate surface area is 179 Å². The number of hydrogen-bond donors (Lipinski definition) is 1. The van der Waals surface area contributed by atoms with E-state index in [1.165, 1.54) is 50.4 Å². The molecule has 0 aliphatic heterocycles. The molecule has 29 heavy (non-hydrogen) atoms. The summed E-state index contributed by atoms with van der Waals surface area (Å²) in [5.74, 6) is -0.679. The van der Waals surface area contributed by atoms with Crippen molar-refractivity contribution < 1.29 is 24.0 Å². The first-order valence-corrected chi connectivity index (χ1v) is 9.06. The Hall–Kier alpha value is -3.46. The van der Waals surface area contributed by atoms with Crippen LogP contribution in [0.1, 0.15) is 12.5 Å². The summed E-state index contributed by atoms with van der Waals surface area (Å²) < 4.78 is 10.9. The number of carbonyl (C=O) groups excluding carboxylic acids is 2. The number of ether oxygens (including phenoxy) is 2. The van der Waals surface area contributed by atoms with E-state index in [0.717, 1.165) is 0 Å². The van der Waals surface area contributed by atoms with Gasteiger partial charge in [-0.25, -0.2) is 0 Å². The minimum Gasteiger partial charge on any atom is -0.493 e. The molecule has 10 heteroatoms. The van der Waals surface area contributed by atoms with E-state index in [-0.39, 0.29) is 22.8 Å². The lowest BCUT2D eigenvalue weighted by atomic mass is 10.1. The highest BCUT2D eigenvalue weighted by Gasteiger charge is 2.15. The number of benzene rings is 2. The summed E-state index contributed by atoms with van der Waals surface area (Å²) >= 11 is 1.95. The molecule has 0 aromatic heterocycles. The molecule has 0 unspecified atom stereocenters. The van der Waals surface area contributed by atoms with Crippen LogP contribution in [-0.2, 0) is 9.59 Å². The van der Waals surface area contributed by atoms with Crippen molar-refractivity contribution in [1.29, 1.82) is 5.26 Å². The first-order chi connectivity index (χ1) is 13.7. The third kappa shape index (κ3) is 5.76. The number of anilines is 1. The number of hydrogen-bond acceptors (Lipinski definition) is 7. The fourth-order valence-corrected chi connectivity index (χ4v) is 2.98. The molecule has 1 amide bonds. The zero-order chi connectivity index (χ0) is 21.6. The number of nitrogens with zero attached hydrogens (tertiary/aromatic N) is 2. The van der Waals surface area contributed by atoms with E-state index in [4.69, 9.17) is 9.47 Å². The fraction of sp³-hybridized carbons (Fsp3) is 0.105. The monoisotopic (exact) mass is 507 g/mol.